The summed E-state index contributed by atoms with van der Waals surface area (Å²) < 4.78 is 5.11. The third-order valence-electron chi connectivity index (χ3n) is 3.94. The number of aromatic nitrogens is 3. The molecule has 1 aromatic heterocycles. The second-order valence-corrected chi connectivity index (χ2v) is 6.39. The van der Waals surface area contributed by atoms with E-state index in [1.54, 1.807) is 61.5 Å². The van der Waals surface area contributed by atoms with E-state index >= 15 is 0 Å². The molecule has 2 aromatic carbocycles. The van der Waals surface area contributed by atoms with E-state index in [0.29, 0.717) is 22.1 Å². The van der Waals surface area contributed by atoms with Crippen molar-refractivity contribution in [3.05, 3.63) is 71.0 Å². The number of hydrogen-bond acceptors (Lipinski definition) is 6. The van der Waals surface area contributed by atoms with Crippen molar-refractivity contribution in [2.75, 3.05) is 18.1 Å². The molecule has 0 aliphatic heterocycles. The van der Waals surface area contributed by atoms with Crippen LogP contribution in [0.2, 0.25) is 5.02 Å². The van der Waals surface area contributed by atoms with Crippen LogP contribution < -0.4 is 4.90 Å². The number of anilines is 1. The zero-order valence-electron chi connectivity index (χ0n) is 15.4. The molecule has 146 valence electrons. The van der Waals surface area contributed by atoms with Gasteiger partial charge in [-0.3, -0.25) is 9.69 Å². The summed E-state index contributed by atoms with van der Waals surface area (Å²) in [5.74, 6) is -1.31. The van der Waals surface area contributed by atoms with Gasteiger partial charge in [-0.1, -0.05) is 35.9 Å². The lowest BCUT2D eigenvalue weighted by molar-refractivity contribution is -0.121. The van der Waals surface area contributed by atoms with Crippen molar-refractivity contribution in [1.82, 2.24) is 15.0 Å². The Bertz CT molecular complexity index is 1080. The van der Waals surface area contributed by atoms with Crippen LogP contribution in [0.1, 0.15) is 16.2 Å². The monoisotopic (exact) mass is 409 g/mol. The molecule has 9 heteroatoms. The maximum Gasteiger partial charge on any atom is 0.361 e. The summed E-state index contributed by atoms with van der Waals surface area (Å²) in [5.41, 5.74) is 1.46. The summed E-state index contributed by atoms with van der Waals surface area (Å²) in [5, 5.41) is 17.8. The standard InChI is InChI=1S/C20H16ClN5O3/c1-14-19(24-26(23-14)17-9-5-6-15(21)12-17)20(28)29-13-18(27)25(11-10-22)16-7-3-2-4-8-16/h2-9,12H,11,13H2,1H3. The predicted octanol–water partition coefficient (Wildman–Crippen LogP) is 2.94. The molecule has 0 N–H and O–H groups in total. The Morgan fingerprint density at radius 2 is 1.93 bits per heavy atom. The van der Waals surface area contributed by atoms with E-state index in [1.165, 1.54) is 9.70 Å². The van der Waals surface area contributed by atoms with Gasteiger partial charge in [0.1, 0.15) is 6.54 Å². The first kappa shape index (κ1) is 20.0. The molecule has 3 aromatic rings. The zero-order valence-corrected chi connectivity index (χ0v) is 16.2. The van der Waals surface area contributed by atoms with E-state index in [4.69, 9.17) is 21.6 Å². The Balaban J connectivity index is 1.70. The molecule has 8 nitrogen and oxygen atoms in total. The Labute approximate surface area is 171 Å². The quantitative estimate of drug-likeness (QED) is 0.458. The highest BCUT2D eigenvalue weighted by Gasteiger charge is 2.22. The number of carbonyl (C=O) groups is 2. The number of para-hydroxylation sites is 1. The fourth-order valence-electron chi connectivity index (χ4n) is 2.56. The van der Waals surface area contributed by atoms with Crippen molar-refractivity contribution in [3.63, 3.8) is 0 Å². The highest BCUT2D eigenvalue weighted by atomic mass is 35.5. The van der Waals surface area contributed by atoms with Gasteiger partial charge >= 0.3 is 5.97 Å². The van der Waals surface area contributed by atoms with Crippen LogP contribution in [-0.4, -0.2) is 40.0 Å². The molecule has 0 bridgehead atoms. The van der Waals surface area contributed by atoms with Crippen LogP contribution in [0.4, 0.5) is 5.69 Å². The number of aryl methyl sites for hydroxylation is 1. The normalized spacial score (nSPS) is 10.2. The Kier molecular flexibility index (Phi) is 6.22. The van der Waals surface area contributed by atoms with Crippen LogP contribution in [0.3, 0.4) is 0 Å². The van der Waals surface area contributed by atoms with Gasteiger partial charge in [0.2, 0.25) is 0 Å². The lowest BCUT2D eigenvalue weighted by Gasteiger charge is -2.19. The molecule has 1 heterocycles. The van der Waals surface area contributed by atoms with Crippen LogP contribution in [0, 0.1) is 18.3 Å². The highest BCUT2D eigenvalue weighted by Crippen LogP contribution is 2.16. The summed E-state index contributed by atoms with van der Waals surface area (Å²) in [6.45, 7) is 0.918. The third kappa shape index (κ3) is 4.78. The fourth-order valence-corrected chi connectivity index (χ4v) is 2.74. The molecule has 3 rings (SSSR count). The summed E-state index contributed by atoms with van der Waals surface area (Å²) in [4.78, 5) is 27.4. The van der Waals surface area contributed by atoms with E-state index < -0.39 is 18.5 Å². The average molecular weight is 410 g/mol. The Morgan fingerprint density at radius 1 is 1.17 bits per heavy atom. The lowest BCUT2D eigenvalue weighted by atomic mass is 10.3. The fraction of sp³-hybridized carbons (Fsp3) is 0.150. The number of esters is 1. The smallest absolute Gasteiger partial charge is 0.361 e. The molecule has 0 spiro atoms. The molecule has 1 amide bonds. The number of benzene rings is 2. The molecular formula is C20H16ClN5O3. The molecule has 0 unspecified atom stereocenters. The van der Waals surface area contributed by atoms with Gasteiger partial charge in [0.05, 0.1) is 17.5 Å². The number of amides is 1. The second kappa shape index (κ2) is 8.99. The van der Waals surface area contributed by atoms with Crippen molar-refractivity contribution in [1.29, 1.82) is 5.26 Å². The topological polar surface area (TPSA) is 101 Å². The molecule has 0 aliphatic rings. The van der Waals surface area contributed by atoms with Crippen molar-refractivity contribution >= 4 is 29.2 Å². The third-order valence-corrected chi connectivity index (χ3v) is 4.17. The van der Waals surface area contributed by atoms with Gasteiger partial charge in [-0.2, -0.15) is 15.2 Å². The first-order valence-electron chi connectivity index (χ1n) is 8.59. The number of nitriles is 1. The number of hydrogen-bond donors (Lipinski definition) is 0. The van der Waals surface area contributed by atoms with E-state index in [0.717, 1.165) is 0 Å². The van der Waals surface area contributed by atoms with E-state index in [-0.39, 0.29) is 12.2 Å². The zero-order chi connectivity index (χ0) is 20.8. The van der Waals surface area contributed by atoms with Gasteiger partial charge in [0, 0.05) is 10.7 Å². The van der Waals surface area contributed by atoms with Crippen molar-refractivity contribution in [3.8, 4) is 11.8 Å². The predicted molar refractivity (Wildman–Crippen MR) is 106 cm³/mol. The van der Waals surface area contributed by atoms with Gasteiger partial charge in [-0.05, 0) is 37.3 Å². The number of carbonyl (C=O) groups excluding carboxylic acids is 2. The number of halogens is 1. The SMILES string of the molecule is Cc1nn(-c2cccc(Cl)c2)nc1C(=O)OCC(=O)N(CC#N)c1ccccc1. The Morgan fingerprint density at radius 3 is 2.62 bits per heavy atom. The van der Waals surface area contributed by atoms with Crippen LogP contribution in [-0.2, 0) is 9.53 Å². The van der Waals surface area contributed by atoms with Gasteiger partial charge in [-0.25, -0.2) is 4.79 Å². The van der Waals surface area contributed by atoms with Crippen molar-refractivity contribution < 1.29 is 14.3 Å². The number of rotatable bonds is 6. The first-order chi connectivity index (χ1) is 14.0. The van der Waals surface area contributed by atoms with Crippen LogP contribution in [0.15, 0.2) is 54.6 Å². The van der Waals surface area contributed by atoms with Crippen LogP contribution in [0.5, 0.6) is 0 Å². The minimum Gasteiger partial charge on any atom is -0.451 e. The van der Waals surface area contributed by atoms with Crippen LogP contribution >= 0.6 is 11.6 Å². The average Bonchev–Trinajstić information content (AvgIpc) is 3.12. The van der Waals surface area contributed by atoms with Gasteiger partial charge < -0.3 is 4.74 Å². The van der Waals surface area contributed by atoms with Gasteiger partial charge in [-0.15, -0.1) is 5.10 Å². The molecular weight excluding hydrogens is 394 g/mol. The summed E-state index contributed by atoms with van der Waals surface area (Å²) in [7, 11) is 0. The molecule has 0 radical (unpaired) electrons. The molecule has 0 atom stereocenters. The highest BCUT2D eigenvalue weighted by molar-refractivity contribution is 6.30. The minimum absolute atomic E-state index is 0.00989. The summed E-state index contributed by atoms with van der Waals surface area (Å²) >= 11 is 5.97. The molecule has 29 heavy (non-hydrogen) atoms. The Hall–Kier alpha value is -3.70. The minimum atomic E-state index is -0.783. The van der Waals surface area contributed by atoms with E-state index in [1.807, 2.05) is 6.07 Å². The van der Waals surface area contributed by atoms with E-state index in [9.17, 15) is 9.59 Å². The van der Waals surface area contributed by atoms with E-state index in [2.05, 4.69) is 10.2 Å². The van der Waals surface area contributed by atoms with Crippen molar-refractivity contribution in [2.45, 2.75) is 6.92 Å². The molecule has 0 saturated carbocycles. The first-order valence-corrected chi connectivity index (χ1v) is 8.97. The summed E-state index contributed by atoms with van der Waals surface area (Å²) in [6.07, 6.45) is 0. The molecule has 0 saturated heterocycles. The maximum atomic E-state index is 12.5. The van der Waals surface area contributed by atoms with Gasteiger partial charge in [0.15, 0.2) is 12.3 Å². The van der Waals surface area contributed by atoms with Crippen molar-refractivity contribution in [2.24, 2.45) is 0 Å². The number of ether oxygens (including phenoxy) is 1. The second-order valence-electron chi connectivity index (χ2n) is 5.95. The van der Waals surface area contributed by atoms with Gasteiger partial charge in [0.25, 0.3) is 5.91 Å². The molecule has 0 fully saturated rings. The lowest BCUT2D eigenvalue weighted by Crippen LogP contribution is -2.35. The number of nitrogens with zero attached hydrogens (tertiary/aromatic N) is 5. The molecule has 0 aliphatic carbocycles. The maximum absolute atomic E-state index is 12.5. The largest absolute Gasteiger partial charge is 0.451 e. The summed E-state index contributed by atoms with van der Waals surface area (Å²) in [6, 6.07) is 17.4. The van der Waals surface area contributed by atoms with Crippen LogP contribution in [0.25, 0.3) is 5.69 Å².